The molecule has 0 N–H and O–H groups in total. The van der Waals surface area contributed by atoms with Crippen molar-refractivity contribution in [3.63, 3.8) is 0 Å². The summed E-state index contributed by atoms with van der Waals surface area (Å²) < 4.78 is 130. The van der Waals surface area contributed by atoms with Gasteiger partial charge in [0.25, 0.3) is 11.9 Å². The number of likely N-dealkylation sites (N-methyl/N-ethyl adjacent to an activating group) is 2. The number of aliphatic imine (C=N–C) groups is 2. The summed E-state index contributed by atoms with van der Waals surface area (Å²) in [7, 11) is -5.38. The van der Waals surface area contributed by atoms with E-state index >= 15 is 0 Å². The summed E-state index contributed by atoms with van der Waals surface area (Å²) in [6.07, 6.45) is 8.04. The van der Waals surface area contributed by atoms with Crippen molar-refractivity contribution in [2.75, 3.05) is 41.3 Å². The summed E-state index contributed by atoms with van der Waals surface area (Å²) in [6, 6.07) is 3.45. The number of alkyl halides is 6. The predicted molar refractivity (Wildman–Crippen MR) is 216 cm³/mol. The van der Waals surface area contributed by atoms with E-state index in [0.717, 1.165) is 24.0 Å². The first-order valence-corrected chi connectivity index (χ1v) is 20.3. The zero-order valence-corrected chi connectivity index (χ0v) is 35.4. The SMILES string of the molecule is CN1CCCC2=CC(=N\N=C3\N=C(C#N)C(=C=[N-])N3C)/C(=N\S(=O)(=O)C(F)(F)F)C=C21.CN1CCCC2=CC(=N\N=C3\N=C(C#N)C(=C=[N-])N3C)/C(=N\S(=O)(=O)C(F)(F)F)C=C21.[Ni+2]. The molecule has 20 nitrogen and oxygen atoms in total. The van der Waals surface area contributed by atoms with Crippen LogP contribution in [0.25, 0.3) is 10.8 Å². The topological polar surface area (TPSA) is 272 Å². The predicted octanol–water partition coefficient (Wildman–Crippen LogP) is 3.14. The molecule has 0 aromatic carbocycles. The molecule has 63 heavy (non-hydrogen) atoms. The summed E-state index contributed by atoms with van der Waals surface area (Å²) in [5, 5.41) is 51.6. The third-order valence-corrected chi connectivity index (χ3v) is 11.2. The van der Waals surface area contributed by atoms with Crippen LogP contribution < -0.4 is 0 Å². The van der Waals surface area contributed by atoms with Crippen LogP contribution >= 0.6 is 0 Å². The summed E-state index contributed by atoms with van der Waals surface area (Å²) in [4.78, 5) is 13.6. The van der Waals surface area contributed by atoms with Gasteiger partial charge >= 0.3 is 47.6 Å². The number of allylic oxidation sites excluding steroid dienone is 8. The minimum atomic E-state index is -5.82. The van der Waals surface area contributed by atoms with Crippen molar-refractivity contribution in [3.05, 3.63) is 69.1 Å². The molecular weight excluding hydrogens is 933 g/mol. The van der Waals surface area contributed by atoms with Gasteiger partial charge in [-0.1, -0.05) is 0 Å². The van der Waals surface area contributed by atoms with Gasteiger partial charge in [-0.25, -0.2) is 11.7 Å². The number of guanidine groups is 2. The third kappa shape index (κ3) is 10.4. The van der Waals surface area contributed by atoms with Crippen LogP contribution in [-0.2, 0) is 36.5 Å². The first kappa shape index (κ1) is 49.0. The average Bonchev–Trinajstić information content (AvgIpc) is 3.69. The maximum atomic E-state index is 12.9. The standard InChI is InChI=1S/2C17H14F3N8O2S.Ni/c2*1-27-5-3-4-10-6-11(12(7-14(10)27)26-31(29,30)17(18,19)20)24-25-16-23-13(8-21)15(9-22)28(16)2;/h2*6-7H,3-5H2,1-2H3;/q2*-1;+2/b2*24-11+,25-16-,26-12-;. The van der Waals surface area contributed by atoms with E-state index in [0.29, 0.717) is 37.3 Å². The number of likely N-dealkylation sites (tertiary alicyclic amines) is 2. The van der Waals surface area contributed by atoms with Crippen molar-refractivity contribution < 1.29 is 59.7 Å². The normalized spacial score (nSPS) is 23.0. The Bertz CT molecular complexity index is 2610. The van der Waals surface area contributed by atoms with E-state index in [-0.39, 0.29) is 62.7 Å². The molecule has 0 radical (unpaired) electrons. The summed E-state index contributed by atoms with van der Waals surface area (Å²) in [5.41, 5.74) is -10.7. The van der Waals surface area contributed by atoms with E-state index in [1.807, 2.05) is 0 Å². The van der Waals surface area contributed by atoms with E-state index in [1.54, 1.807) is 47.8 Å². The Balaban J connectivity index is 0.000000272. The van der Waals surface area contributed by atoms with E-state index in [4.69, 9.17) is 21.3 Å². The molecule has 6 aliphatic rings. The van der Waals surface area contributed by atoms with E-state index in [9.17, 15) is 43.2 Å². The van der Waals surface area contributed by atoms with Gasteiger partial charge in [0, 0.05) is 52.7 Å². The van der Waals surface area contributed by atoms with E-state index in [1.165, 1.54) is 48.2 Å². The van der Waals surface area contributed by atoms with Gasteiger partial charge in [0.15, 0.2) is 11.4 Å². The Morgan fingerprint density at radius 3 is 1.25 bits per heavy atom. The van der Waals surface area contributed by atoms with Gasteiger partial charge in [-0.2, -0.15) is 72.5 Å². The Morgan fingerprint density at radius 2 is 0.968 bits per heavy atom. The molecule has 2 fully saturated rings. The maximum absolute atomic E-state index is 12.9. The fourth-order valence-corrected chi connectivity index (χ4v) is 7.03. The second-order valence-electron chi connectivity index (χ2n) is 13.2. The first-order valence-electron chi connectivity index (χ1n) is 17.4. The van der Waals surface area contributed by atoms with Crippen molar-refractivity contribution in [1.82, 2.24) is 19.6 Å². The van der Waals surface area contributed by atoms with Crippen LogP contribution in [0.1, 0.15) is 25.7 Å². The Morgan fingerprint density at radius 1 is 0.619 bits per heavy atom. The number of halogens is 6. The molecule has 0 bridgehead atoms. The molecule has 29 heteroatoms. The molecular formula is C34H28F6N16NiO4S2. The van der Waals surface area contributed by atoms with Crippen molar-refractivity contribution in [2.45, 2.75) is 36.7 Å². The molecule has 0 saturated carbocycles. The molecule has 0 amide bonds. The van der Waals surface area contributed by atoms with Crippen LogP contribution in [0.5, 0.6) is 0 Å². The van der Waals surface area contributed by atoms with Gasteiger partial charge in [-0.15, -0.1) is 20.4 Å². The van der Waals surface area contributed by atoms with Crippen LogP contribution in [0.15, 0.2) is 97.4 Å². The Kier molecular flexibility index (Phi) is 14.6. The number of rotatable bonds is 4. The van der Waals surface area contributed by atoms with Crippen LogP contribution in [0, 0.1) is 22.7 Å². The molecule has 0 atom stereocenters. The van der Waals surface area contributed by atoms with Gasteiger partial charge in [-0.05, 0) is 61.1 Å². The number of fused-ring (bicyclic) bond motifs is 2. The van der Waals surface area contributed by atoms with E-state index < -0.39 is 42.5 Å². The smallest absolute Gasteiger partial charge is 0.761 e. The molecule has 0 aromatic heterocycles. The number of nitrogens with zero attached hydrogens (tertiary/aromatic N) is 16. The quantitative estimate of drug-likeness (QED) is 0.131. The fourth-order valence-electron chi connectivity index (χ4n) is 6.01. The Labute approximate surface area is 364 Å². The largest absolute Gasteiger partial charge is 2.00 e. The number of hydrogen-bond acceptors (Lipinski definition) is 12. The van der Waals surface area contributed by atoms with Gasteiger partial charge < -0.3 is 30.4 Å². The van der Waals surface area contributed by atoms with Gasteiger partial charge in [0.1, 0.15) is 46.4 Å². The van der Waals surface area contributed by atoms with Crippen molar-refractivity contribution in [3.8, 4) is 12.1 Å². The molecule has 332 valence electrons. The number of hydrogen-bond donors (Lipinski definition) is 0. The number of sulfonamides is 2. The van der Waals surface area contributed by atoms with E-state index in [2.05, 4.69) is 39.2 Å². The first-order chi connectivity index (χ1) is 29.0. The van der Waals surface area contributed by atoms with Gasteiger partial charge in [0.2, 0.25) is 0 Å². The number of nitriles is 2. The minimum Gasteiger partial charge on any atom is -0.761 e. The third-order valence-electron chi connectivity index (χ3n) is 9.14. The second kappa shape index (κ2) is 18.8. The maximum Gasteiger partial charge on any atom is 2.00 e. The Hall–Kier alpha value is -6.63. The number of piperidine rings is 2. The van der Waals surface area contributed by atoms with Crippen molar-refractivity contribution in [2.24, 2.45) is 39.2 Å². The van der Waals surface area contributed by atoms with Crippen LogP contribution in [0.4, 0.5) is 26.3 Å². The van der Waals surface area contributed by atoms with Crippen LogP contribution in [-0.4, -0.2) is 147 Å². The van der Waals surface area contributed by atoms with Gasteiger partial charge in [0.05, 0.1) is 0 Å². The molecule has 4 heterocycles. The zero-order valence-electron chi connectivity index (χ0n) is 32.7. The summed E-state index contributed by atoms with van der Waals surface area (Å²) in [5.74, 6) is 3.25. The van der Waals surface area contributed by atoms with Gasteiger partial charge in [-0.3, -0.25) is 0 Å². The second-order valence-corrected chi connectivity index (χ2v) is 16.4. The molecule has 0 spiro atoms. The summed E-state index contributed by atoms with van der Waals surface area (Å²) >= 11 is 0. The van der Waals surface area contributed by atoms with Crippen molar-refractivity contribution >= 4 is 78.0 Å². The molecule has 0 unspecified atom stereocenters. The summed E-state index contributed by atoms with van der Waals surface area (Å²) in [6.45, 7) is 1.28. The van der Waals surface area contributed by atoms with Crippen LogP contribution in [0.2, 0.25) is 0 Å². The molecule has 6 rings (SSSR count). The zero-order chi connectivity index (χ0) is 45.9. The molecule has 0 aromatic rings. The fraction of sp³-hybridized carbons (Fsp3) is 0.353. The minimum absolute atomic E-state index is 0. The van der Waals surface area contributed by atoms with Crippen LogP contribution in [0.3, 0.4) is 0 Å². The molecule has 4 aliphatic heterocycles. The molecule has 2 saturated heterocycles. The average molecular weight is 962 g/mol. The monoisotopic (exact) mass is 960 g/mol. The van der Waals surface area contributed by atoms with Crippen molar-refractivity contribution in [1.29, 1.82) is 10.5 Å². The molecule has 2 aliphatic carbocycles.